The number of anilines is 1. The second kappa shape index (κ2) is 9.18. The van der Waals surface area contributed by atoms with E-state index in [1.807, 2.05) is 24.3 Å². The molecule has 0 saturated carbocycles. The molecule has 0 fully saturated rings. The Hall–Kier alpha value is -3.05. The number of para-hydroxylation sites is 2. The third-order valence-electron chi connectivity index (χ3n) is 5.23. The summed E-state index contributed by atoms with van der Waals surface area (Å²) in [5.74, 6) is 0.955. The van der Waals surface area contributed by atoms with Crippen molar-refractivity contribution < 1.29 is 13.6 Å². The van der Waals surface area contributed by atoms with Gasteiger partial charge in [0.15, 0.2) is 6.20 Å². The number of aryl methyl sites for hydroxylation is 2. The van der Waals surface area contributed by atoms with Crippen LogP contribution in [0.2, 0.25) is 0 Å². The van der Waals surface area contributed by atoms with Gasteiger partial charge in [-0.25, -0.2) is 4.57 Å². The van der Waals surface area contributed by atoms with Gasteiger partial charge in [0.25, 0.3) is 5.52 Å². The minimum absolute atomic E-state index is 0.934. The number of thioether (sulfide) groups is 1. The van der Waals surface area contributed by atoms with E-state index in [0.717, 1.165) is 28.6 Å². The molecule has 0 N–H and O–H groups in total. The van der Waals surface area contributed by atoms with Crippen molar-refractivity contribution in [3.8, 4) is 0 Å². The number of hydrogen-bond donors (Lipinski definition) is 0. The molecule has 0 saturated heterocycles. The Balaban J connectivity index is 1.34. The van der Waals surface area contributed by atoms with Gasteiger partial charge in [0.05, 0.1) is 0 Å². The first-order chi connectivity index (χ1) is 14.6. The lowest BCUT2D eigenvalue weighted by molar-refractivity contribution is -0.692. The van der Waals surface area contributed by atoms with Gasteiger partial charge in [-0.2, -0.15) is 4.57 Å². The largest absolute Gasteiger partial charge is 0.412 e. The Bertz CT molecular complexity index is 1160. The van der Waals surface area contributed by atoms with Crippen LogP contribution in [-0.2, 0) is 14.1 Å². The summed E-state index contributed by atoms with van der Waals surface area (Å²) < 4.78 is 10.2. The minimum atomic E-state index is 0.934. The van der Waals surface area contributed by atoms with E-state index in [-0.39, 0.29) is 0 Å². The van der Waals surface area contributed by atoms with Crippen LogP contribution in [0.1, 0.15) is 11.3 Å². The van der Waals surface area contributed by atoms with Crippen LogP contribution in [-0.4, -0.2) is 19.3 Å². The van der Waals surface area contributed by atoms with Crippen LogP contribution in [0.5, 0.6) is 0 Å². The first-order valence-electron chi connectivity index (χ1n) is 10.1. The van der Waals surface area contributed by atoms with E-state index in [1.165, 1.54) is 16.9 Å². The van der Waals surface area contributed by atoms with Crippen molar-refractivity contribution in [2.75, 3.05) is 24.2 Å². The molecule has 0 amide bonds. The van der Waals surface area contributed by atoms with Gasteiger partial charge < -0.3 is 9.32 Å². The standard InChI is InChI=1S/C25H27N3OS/c1-26-17-7-6-8-21(26)14-11-20-12-15-22(16-13-20)27(2)18-19-30-25-28(3)23-9-4-5-10-24(23)29-25/h4-17H,18-19H2,1-3H3/q+2. The van der Waals surface area contributed by atoms with Gasteiger partial charge in [-0.05, 0) is 47.7 Å². The molecule has 2 heterocycles. The Kier molecular flexibility index (Phi) is 6.19. The van der Waals surface area contributed by atoms with Crippen LogP contribution >= 0.6 is 11.8 Å². The molecule has 0 radical (unpaired) electrons. The number of hydrogen-bond acceptors (Lipinski definition) is 3. The number of benzene rings is 2. The van der Waals surface area contributed by atoms with Crippen LogP contribution < -0.4 is 14.0 Å². The van der Waals surface area contributed by atoms with Crippen LogP contribution in [0, 0.1) is 0 Å². The lowest BCUT2D eigenvalue weighted by atomic mass is 10.1. The molecule has 4 nitrogen and oxygen atoms in total. The van der Waals surface area contributed by atoms with Gasteiger partial charge in [0.1, 0.15) is 14.1 Å². The topological polar surface area (TPSA) is 24.1 Å². The molecule has 4 rings (SSSR count). The fraction of sp³-hybridized carbons (Fsp3) is 0.200. The molecule has 0 bridgehead atoms. The number of pyridine rings is 1. The van der Waals surface area contributed by atoms with Crippen molar-refractivity contribution in [2.24, 2.45) is 14.1 Å². The lowest BCUT2D eigenvalue weighted by Crippen LogP contribution is -2.30. The Labute approximate surface area is 182 Å². The molecule has 0 atom stereocenters. The van der Waals surface area contributed by atoms with Crippen molar-refractivity contribution in [1.82, 2.24) is 0 Å². The maximum atomic E-state index is 5.97. The average molecular weight is 418 g/mol. The Morgan fingerprint density at radius 2 is 1.70 bits per heavy atom. The molecule has 5 heteroatoms. The lowest BCUT2D eigenvalue weighted by Gasteiger charge is -2.18. The molecule has 30 heavy (non-hydrogen) atoms. The summed E-state index contributed by atoms with van der Waals surface area (Å²) >= 11 is 1.75. The highest BCUT2D eigenvalue weighted by Crippen LogP contribution is 2.22. The van der Waals surface area contributed by atoms with E-state index in [4.69, 9.17) is 4.42 Å². The highest BCUT2D eigenvalue weighted by Gasteiger charge is 2.18. The summed E-state index contributed by atoms with van der Waals surface area (Å²) in [4.78, 5) is 2.28. The molecular formula is C25H27N3OS+2. The van der Waals surface area contributed by atoms with Gasteiger partial charge in [0.2, 0.25) is 11.3 Å². The minimum Gasteiger partial charge on any atom is -0.393 e. The molecule has 0 aliphatic heterocycles. The second-order valence-electron chi connectivity index (χ2n) is 7.33. The Morgan fingerprint density at radius 1 is 0.933 bits per heavy atom. The molecule has 0 spiro atoms. The summed E-state index contributed by atoms with van der Waals surface area (Å²) in [6, 6.07) is 23.0. The summed E-state index contributed by atoms with van der Waals surface area (Å²) in [5.41, 5.74) is 5.64. The maximum absolute atomic E-state index is 5.97. The fourth-order valence-corrected chi connectivity index (χ4v) is 4.32. The normalized spacial score (nSPS) is 11.4. The van der Waals surface area contributed by atoms with E-state index in [1.54, 1.807) is 11.8 Å². The molecule has 2 aromatic heterocycles. The molecule has 4 aromatic rings. The zero-order valence-corrected chi connectivity index (χ0v) is 18.5. The van der Waals surface area contributed by atoms with Crippen LogP contribution in [0.4, 0.5) is 5.69 Å². The summed E-state index contributed by atoms with van der Waals surface area (Å²) in [7, 11) is 6.24. The van der Waals surface area contributed by atoms with Crippen molar-refractivity contribution in [3.63, 3.8) is 0 Å². The van der Waals surface area contributed by atoms with Crippen LogP contribution in [0.15, 0.2) is 82.6 Å². The predicted octanol–water partition coefficient (Wildman–Crippen LogP) is 4.48. The first kappa shape index (κ1) is 20.2. The quantitative estimate of drug-likeness (QED) is 0.327. The third-order valence-corrected chi connectivity index (χ3v) is 6.22. The highest BCUT2D eigenvalue weighted by molar-refractivity contribution is 7.99. The molecule has 0 aliphatic rings. The number of aromatic nitrogens is 2. The smallest absolute Gasteiger partial charge is 0.393 e. The highest BCUT2D eigenvalue weighted by atomic mass is 32.2. The van der Waals surface area contributed by atoms with E-state index < -0.39 is 0 Å². The first-order valence-corrected chi connectivity index (χ1v) is 11.0. The van der Waals surface area contributed by atoms with Crippen molar-refractivity contribution in [2.45, 2.75) is 5.22 Å². The number of rotatable bonds is 7. The zero-order valence-electron chi connectivity index (χ0n) is 17.7. The average Bonchev–Trinajstić information content (AvgIpc) is 3.09. The summed E-state index contributed by atoms with van der Waals surface area (Å²) in [6.45, 7) is 0.941. The zero-order chi connectivity index (χ0) is 20.9. The predicted molar refractivity (Wildman–Crippen MR) is 124 cm³/mol. The third kappa shape index (κ3) is 4.57. The number of nitrogens with zero attached hydrogens (tertiary/aromatic N) is 3. The van der Waals surface area contributed by atoms with Gasteiger partial charge >= 0.3 is 5.22 Å². The van der Waals surface area contributed by atoms with E-state index in [2.05, 4.69) is 96.0 Å². The van der Waals surface area contributed by atoms with Gasteiger partial charge in [-0.1, -0.05) is 24.3 Å². The molecule has 2 aromatic carbocycles. The fourth-order valence-electron chi connectivity index (χ4n) is 3.34. The molecule has 0 aliphatic carbocycles. The van der Waals surface area contributed by atoms with Gasteiger partial charge in [-0.15, -0.1) is 0 Å². The maximum Gasteiger partial charge on any atom is 0.412 e. The second-order valence-corrected chi connectivity index (χ2v) is 8.37. The molecular weight excluding hydrogens is 390 g/mol. The SMILES string of the molecule is CN(CCSc1oc2ccccc2[n+]1C)c1ccc(/C=C/c2cccc[n+]2C)cc1. The van der Waals surface area contributed by atoms with E-state index in [0.29, 0.717) is 0 Å². The van der Waals surface area contributed by atoms with Crippen LogP contribution in [0.25, 0.3) is 23.3 Å². The van der Waals surface area contributed by atoms with Crippen LogP contribution in [0.3, 0.4) is 0 Å². The monoisotopic (exact) mass is 417 g/mol. The number of oxazole rings is 1. The van der Waals surface area contributed by atoms with E-state index >= 15 is 0 Å². The summed E-state index contributed by atoms with van der Waals surface area (Å²) in [5, 5.41) is 0.944. The van der Waals surface area contributed by atoms with Gasteiger partial charge in [0, 0.05) is 49.3 Å². The molecule has 152 valence electrons. The van der Waals surface area contributed by atoms with Crippen molar-refractivity contribution in [1.29, 1.82) is 0 Å². The van der Waals surface area contributed by atoms with Crippen molar-refractivity contribution in [3.05, 3.63) is 84.2 Å². The number of fused-ring (bicyclic) bond motifs is 1. The summed E-state index contributed by atoms with van der Waals surface area (Å²) in [6.07, 6.45) is 6.35. The van der Waals surface area contributed by atoms with Crippen molar-refractivity contribution >= 4 is 40.7 Å². The Morgan fingerprint density at radius 3 is 2.47 bits per heavy atom. The van der Waals surface area contributed by atoms with Gasteiger partial charge in [-0.3, -0.25) is 0 Å². The molecule has 0 unspecified atom stereocenters. The van der Waals surface area contributed by atoms with E-state index in [9.17, 15) is 0 Å².